The van der Waals surface area contributed by atoms with E-state index in [2.05, 4.69) is 10.3 Å². The van der Waals surface area contributed by atoms with Gasteiger partial charge in [0.2, 0.25) is 5.91 Å². The average Bonchev–Trinajstić information content (AvgIpc) is 3.09. The monoisotopic (exact) mass is 381 g/mol. The van der Waals surface area contributed by atoms with Crippen molar-refractivity contribution < 1.29 is 9.53 Å². The van der Waals surface area contributed by atoms with Crippen molar-refractivity contribution in [1.29, 1.82) is 0 Å². The minimum absolute atomic E-state index is 0.309. The number of nitrogens with zero attached hydrogens (tertiary/aromatic N) is 2. The SMILES string of the molecule is COc1cc(Cl)c(C)cc1NC(=O)/C=C/c1c(Cl)nc2sccn12. The second kappa shape index (κ2) is 6.84. The fraction of sp³-hybridized carbons (Fsp3) is 0.125. The molecular formula is C16H13Cl2N3O2S. The Bertz CT molecular complexity index is 946. The zero-order chi connectivity index (χ0) is 17.3. The first-order valence-electron chi connectivity index (χ1n) is 6.94. The molecule has 0 bridgehead atoms. The predicted octanol–water partition coefficient (Wildman–Crippen LogP) is 4.67. The van der Waals surface area contributed by atoms with Crippen LogP contribution >= 0.6 is 34.5 Å². The third-order valence-electron chi connectivity index (χ3n) is 3.39. The molecule has 0 fully saturated rings. The van der Waals surface area contributed by atoms with Crippen LogP contribution in [0.25, 0.3) is 11.0 Å². The number of anilines is 1. The summed E-state index contributed by atoms with van der Waals surface area (Å²) in [4.78, 5) is 17.2. The zero-order valence-electron chi connectivity index (χ0n) is 12.8. The fourth-order valence-electron chi connectivity index (χ4n) is 2.18. The van der Waals surface area contributed by atoms with Crippen molar-refractivity contribution in [2.75, 3.05) is 12.4 Å². The second-order valence-corrected chi connectivity index (χ2v) is 6.61. The highest BCUT2D eigenvalue weighted by Gasteiger charge is 2.11. The van der Waals surface area contributed by atoms with Gasteiger partial charge in [-0.3, -0.25) is 9.20 Å². The summed E-state index contributed by atoms with van der Waals surface area (Å²) in [6.07, 6.45) is 4.87. The molecular weight excluding hydrogens is 369 g/mol. The van der Waals surface area contributed by atoms with Gasteiger partial charge in [0.05, 0.1) is 18.5 Å². The number of nitrogens with one attached hydrogen (secondary N) is 1. The summed E-state index contributed by atoms with van der Waals surface area (Å²) in [7, 11) is 1.52. The number of hydrogen-bond donors (Lipinski definition) is 1. The number of benzene rings is 1. The van der Waals surface area contributed by atoms with E-state index in [-0.39, 0.29) is 5.91 Å². The molecule has 5 nitrogen and oxygen atoms in total. The number of imidazole rings is 1. The van der Waals surface area contributed by atoms with Crippen LogP contribution < -0.4 is 10.1 Å². The molecule has 0 aliphatic heterocycles. The van der Waals surface area contributed by atoms with Crippen molar-refractivity contribution >= 4 is 57.2 Å². The molecule has 0 unspecified atom stereocenters. The maximum Gasteiger partial charge on any atom is 0.248 e. The molecule has 3 rings (SSSR count). The van der Waals surface area contributed by atoms with Crippen molar-refractivity contribution in [2.45, 2.75) is 6.92 Å². The van der Waals surface area contributed by atoms with Crippen molar-refractivity contribution in [1.82, 2.24) is 9.38 Å². The van der Waals surface area contributed by atoms with Crippen LogP contribution in [0.4, 0.5) is 5.69 Å². The number of halogens is 2. The highest BCUT2D eigenvalue weighted by molar-refractivity contribution is 7.15. The lowest BCUT2D eigenvalue weighted by molar-refractivity contribution is -0.111. The number of carbonyl (C=O) groups is 1. The van der Waals surface area contributed by atoms with Crippen molar-refractivity contribution in [2.24, 2.45) is 0 Å². The number of ether oxygens (including phenoxy) is 1. The van der Waals surface area contributed by atoms with Crippen molar-refractivity contribution in [3.05, 3.63) is 51.2 Å². The maximum atomic E-state index is 12.2. The minimum Gasteiger partial charge on any atom is -0.495 e. The summed E-state index contributed by atoms with van der Waals surface area (Å²) in [6, 6.07) is 3.43. The van der Waals surface area contributed by atoms with E-state index in [0.29, 0.717) is 27.3 Å². The van der Waals surface area contributed by atoms with Gasteiger partial charge in [0.25, 0.3) is 0 Å². The molecule has 0 aliphatic carbocycles. The Morgan fingerprint density at radius 3 is 2.96 bits per heavy atom. The Labute approximate surface area is 152 Å². The molecule has 24 heavy (non-hydrogen) atoms. The predicted molar refractivity (Wildman–Crippen MR) is 98.5 cm³/mol. The number of carbonyl (C=O) groups excluding carboxylic acids is 1. The van der Waals surface area contributed by atoms with E-state index in [0.717, 1.165) is 10.5 Å². The van der Waals surface area contributed by atoms with Gasteiger partial charge in [-0.25, -0.2) is 4.98 Å². The number of fused-ring (bicyclic) bond motifs is 1. The first kappa shape index (κ1) is 16.8. The first-order chi connectivity index (χ1) is 11.5. The summed E-state index contributed by atoms with van der Waals surface area (Å²) in [5.41, 5.74) is 2.05. The summed E-state index contributed by atoms with van der Waals surface area (Å²) in [5.74, 6) is 0.186. The van der Waals surface area contributed by atoms with Gasteiger partial charge >= 0.3 is 0 Å². The molecule has 0 saturated carbocycles. The van der Waals surface area contributed by atoms with E-state index in [1.807, 2.05) is 22.9 Å². The molecule has 2 heterocycles. The summed E-state index contributed by atoms with van der Waals surface area (Å²) in [5, 5.41) is 5.60. The van der Waals surface area contributed by atoms with Crippen molar-refractivity contribution in [3.63, 3.8) is 0 Å². The van der Waals surface area contributed by atoms with Gasteiger partial charge < -0.3 is 10.1 Å². The topological polar surface area (TPSA) is 55.6 Å². The van der Waals surface area contributed by atoms with Gasteiger partial charge in [0.15, 0.2) is 10.1 Å². The van der Waals surface area contributed by atoms with E-state index in [4.69, 9.17) is 27.9 Å². The van der Waals surface area contributed by atoms with Crippen LogP contribution in [0.2, 0.25) is 10.2 Å². The lowest BCUT2D eigenvalue weighted by Crippen LogP contribution is -2.09. The molecule has 124 valence electrons. The third kappa shape index (κ3) is 3.26. The van der Waals surface area contributed by atoms with Crippen LogP contribution in [-0.2, 0) is 4.79 Å². The standard InChI is InChI=1S/C16H13Cl2N3O2S/c1-9-7-11(13(23-2)8-10(9)17)19-14(22)4-3-12-15(18)20-16-21(12)5-6-24-16/h3-8H,1-2H3,(H,19,22)/b4-3+. The largest absolute Gasteiger partial charge is 0.495 e. The molecule has 0 spiro atoms. The van der Waals surface area contributed by atoms with E-state index in [9.17, 15) is 4.79 Å². The lowest BCUT2D eigenvalue weighted by Gasteiger charge is -2.11. The normalized spacial score (nSPS) is 11.3. The van der Waals surface area contributed by atoms with Crippen LogP contribution in [0.15, 0.2) is 29.8 Å². The number of rotatable bonds is 4. The number of thiazole rings is 1. The van der Waals surface area contributed by atoms with Gasteiger partial charge in [-0.2, -0.15) is 0 Å². The maximum absolute atomic E-state index is 12.2. The smallest absolute Gasteiger partial charge is 0.248 e. The second-order valence-electron chi connectivity index (χ2n) is 4.97. The average molecular weight is 382 g/mol. The van der Waals surface area contributed by atoms with Gasteiger partial charge in [-0.15, -0.1) is 11.3 Å². The number of amides is 1. The van der Waals surface area contributed by atoms with E-state index in [1.165, 1.54) is 24.5 Å². The Kier molecular flexibility index (Phi) is 4.80. The Morgan fingerprint density at radius 2 is 2.21 bits per heavy atom. The van der Waals surface area contributed by atoms with Crippen LogP contribution in [0.5, 0.6) is 5.75 Å². The molecule has 0 aliphatic rings. The summed E-state index contributed by atoms with van der Waals surface area (Å²) >= 11 is 13.6. The highest BCUT2D eigenvalue weighted by Crippen LogP contribution is 2.31. The van der Waals surface area contributed by atoms with Gasteiger partial charge in [0.1, 0.15) is 5.75 Å². The first-order valence-corrected chi connectivity index (χ1v) is 8.57. The van der Waals surface area contributed by atoms with Gasteiger partial charge in [-0.1, -0.05) is 23.2 Å². The molecule has 3 aromatic rings. The Hall–Kier alpha value is -2.02. The molecule has 8 heteroatoms. The van der Waals surface area contributed by atoms with Crippen LogP contribution in [-0.4, -0.2) is 22.4 Å². The Balaban J connectivity index is 1.82. The quantitative estimate of drug-likeness (QED) is 0.667. The van der Waals surface area contributed by atoms with E-state index >= 15 is 0 Å². The molecule has 0 atom stereocenters. The minimum atomic E-state index is -0.309. The van der Waals surface area contributed by atoms with Gasteiger partial charge in [-0.05, 0) is 24.6 Å². The van der Waals surface area contributed by atoms with Gasteiger partial charge in [0, 0.05) is 28.7 Å². The molecule has 1 N–H and O–H groups in total. The Morgan fingerprint density at radius 1 is 1.42 bits per heavy atom. The zero-order valence-corrected chi connectivity index (χ0v) is 15.2. The van der Waals surface area contributed by atoms with Crippen LogP contribution in [0, 0.1) is 6.92 Å². The number of methoxy groups -OCH3 is 1. The lowest BCUT2D eigenvalue weighted by atomic mass is 10.2. The van der Waals surface area contributed by atoms with Crippen LogP contribution in [0.3, 0.4) is 0 Å². The molecule has 2 aromatic heterocycles. The highest BCUT2D eigenvalue weighted by atomic mass is 35.5. The van der Waals surface area contributed by atoms with E-state index < -0.39 is 0 Å². The van der Waals surface area contributed by atoms with E-state index in [1.54, 1.807) is 18.2 Å². The number of hydrogen-bond acceptors (Lipinski definition) is 4. The molecule has 0 radical (unpaired) electrons. The number of aryl methyl sites for hydroxylation is 1. The molecule has 1 aromatic carbocycles. The fourth-order valence-corrected chi connectivity index (χ4v) is 3.34. The molecule has 0 saturated heterocycles. The van der Waals surface area contributed by atoms with Crippen molar-refractivity contribution in [3.8, 4) is 5.75 Å². The number of aromatic nitrogens is 2. The summed E-state index contributed by atoms with van der Waals surface area (Å²) in [6.45, 7) is 1.85. The third-order valence-corrected chi connectivity index (χ3v) is 4.83. The molecule has 1 amide bonds. The van der Waals surface area contributed by atoms with Crippen LogP contribution in [0.1, 0.15) is 11.3 Å². The summed E-state index contributed by atoms with van der Waals surface area (Å²) < 4.78 is 7.06.